The van der Waals surface area contributed by atoms with Crippen molar-refractivity contribution in [3.63, 3.8) is 0 Å². The minimum Gasteiger partial charge on any atom is -0.496 e. The van der Waals surface area contributed by atoms with E-state index in [1.54, 1.807) is 7.11 Å². The first-order chi connectivity index (χ1) is 9.08. The third kappa shape index (κ3) is 4.91. The molecule has 0 unspecified atom stereocenters. The van der Waals surface area contributed by atoms with E-state index in [4.69, 9.17) is 10.5 Å². The van der Waals surface area contributed by atoms with Gasteiger partial charge in [0.05, 0.1) is 7.11 Å². The van der Waals surface area contributed by atoms with E-state index < -0.39 is 0 Å². The number of benzene rings is 1. The van der Waals surface area contributed by atoms with E-state index in [1.807, 2.05) is 12.1 Å². The van der Waals surface area contributed by atoms with Crippen LogP contribution < -0.4 is 15.8 Å². The van der Waals surface area contributed by atoms with Gasteiger partial charge in [0.15, 0.2) is 0 Å². The Morgan fingerprint density at radius 1 is 1.42 bits per heavy atom. The lowest BCUT2D eigenvalue weighted by molar-refractivity contribution is -0.121. The van der Waals surface area contributed by atoms with Crippen LogP contribution in [0.1, 0.15) is 43.7 Å². The Balaban J connectivity index is 2.64. The zero-order valence-electron chi connectivity index (χ0n) is 12.0. The molecule has 0 bridgehead atoms. The van der Waals surface area contributed by atoms with E-state index in [0.29, 0.717) is 25.4 Å². The number of nitrogens with one attached hydrogen (secondary N) is 1. The largest absolute Gasteiger partial charge is 0.496 e. The second-order valence-electron chi connectivity index (χ2n) is 4.90. The van der Waals surface area contributed by atoms with Crippen molar-refractivity contribution in [3.05, 3.63) is 29.3 Å². The summed E-state index contributed by atoms with van der Waals surface area (Å²) in [7, 11) is 1.68. The van der Waals surface area contributed by atoms with Crippen LogP contribution in [-0.4, -0.2) is 19.6 Å². The summed E-state index contributed by atoms with van der Waals surface area (Å²) >= 11 is 0. The molecule has 0 saturated heterocycles. The molecular formula is C15H24N2O2. The highest BCUT2D eigenvalue weighted by Crippen LogP contribution is 2.27. The second kappa shape index (κ2) is 7.79. The smallest absolute Gasteiger partial charge is 0.220 e. The molecule has 1 aromatic rings. The van der Waals surface area contributed by atoms with Gasteiger partial charge in [-0.25, -0.2) is 0 Å². The Morgan fingerprint density at radius 2 is 2.16 bits per heavy atom. The lowest BCUT2D eigenvalue weighted by Crippen LogP contribution is -2.23. The minimum absolute atomic E-state index is 0.0485. The lowest BCUT2D eigenvalue weighted by atomic mass is 9.99. The van der Waals surface area contributed by atoms with Gasteiger partial charge in [-0.05, 0) is 36.1 Å². The van der Waals surface area contributed by atoms with E-state index >= 15 is 0 Å². The van der Waals surface area contributed by atoms with Crippen LogP contribution in [0.25, 0.3) is 0 Å². The molecule has 0 aliphatic carbocycles. The van der Waals surface area contributed by atoms with Crippen LogP contribution in [0.2, 0.25) is 0 Å². The molecule has 0 radical (unpaired) electrons. The van der Waals surface area contributed by atoms with Gasteiger partial charge in [0, 0.05) is 13.0 Å². The third-order valence-electron chi connectivity index (χ3n) is 3.01. The number of rotatable bonds is 7. The fourth-order valence-electron chi connectivity index (χ4n) is 1.90. The fourth-order valence-corrected chi connectivity index (χ4v) is 1.90. The summed E-state index contributed by atoms with van der Waals surface area (Å²) in [6.07, 6.45) is 1.22. The van der Waals surface area contributed by atoms with Crippen molar-refractivity contribution in [3.8, 4) is 5.75 Å². The van der Waals surface area contributed by atoms with Gasteiger partial charge in [-0.2, -0.15) is 0 Å². The van der Waals surface area contributed by atoms with Crippen molar-refractivity contribution in [2.75, 3.05) is 13.7 Å². The maximum atomic E-state index is 11.5. The summed E-state index contributed by atoms with van der Waals surface area (Å²) in [5.41, 5.74) is 7.63. The van der Waals surface area contributed by atoms with Gasteiger partial charge in [-0.1, -0.05) is 26.0 Å². The van der Waals surface area contributed by atoms with Crippen LogP contribution in [0.5, 0.6) is 5.75 Å². The molecule has 4 nitrogen and oxygen atoms in total. The topological polar surface area (TPSA) is 64.3 Å². The van der Waals surface area contributed by atoms with Gasteiger partial charge in [-0.3, -0.25) is 4.79 Å². The standard InChI is InChI=1S/C15H24N2O2/c1-11(2)13-9-12(6-7-14(13)19-3)10-17-15(18)5-4-8-16/h6-7,9,11H,4-5,8,10,16H2,1-3H3,(H,17,18). The molecule has 0 fully saturated rings. The van der Waals surface area contributed by atoms with Crippen molar-refractivity contribution in [2.45, 2.75) is 39.2 Å². The van der Waals surface area contributed by atoms with Crippen molar-refractivity contribution in [2.24, 2.45) is 5.73 Å². The number of carbonyl (C=O) groups excluding carboxylic acids is 1. The molecule has 0 aliphatic rings. The molecular weight excluding hydrogens is 240 g/mol. The number of ether oxygens (including phenoxy) is 1. The molecule has 0 aromatic heterocycles. The lowest BCUT2D eigenvalue weighted by Gasteiger charge is -2.14. The van der Waals surface area contributed by atoms with Crippen LogP contribution in [-0.2, 0) is 11.3 Å². The molecule has 106 valence electrons. The first kappa shape index (κ1) is 15.5. The van der Waals surface area contributed by atoms with E-state index in [2.05, 4.69) is 25.2 Å². The SMILES string of the molecule is COc1ccc(CNC(=O)CCCN)cc1C(C)C. The third-order valence-corrected chi connectivity index (χ3v) is 3.01. The number of hydrogen-bond acceptors (Lipinski definition) is 3. The van der Waals surface area contributed by atoms with Crippen LogP contribution in [0.3, 0.4) is 0 Å². The average molecular weight is 264 g/mol. The Morgan fingerprint density at radius 3 is 2.74 bits per heavy atom. The Kier molecular flexibility index (Phi) is 6.36. The van der Waals surface area contributed by atoms with E-state index in [-0.39, 0.29) is 5.91 Å². The first-order valence-electron chi connectivity index (χ1n) is 6.72. The number of methoxy groups -OCH3 is 1. The van der Waals surface area contributed by atoms with Crippen LogP contribution in [0.4, 0.5) is 0 Å². The zero-order valence-corrected chi connectivity index (χ0v) is 12.0. The van der Waals surface area contributed by atoms with Gasteiger partial charge < -0.3 is 15.8 Å². The summed E-state index contributed by atoms with van der Waals surface area (Å²) in [6.45, 7) is 5.35. The van der Waals surface area contributed by atoms with Crippen molar-refractivity contribution < 1.29 is 9.53 Å². The van der Waals surface area contributed by atoms with E-state index in [0.717, 1.165) is 23.3 Å². The van der Waals surface area contributed by atoms with Crippen LogP contribution in [0, 0.1) is 0 Å². The Hall–Kier alpha value is -1.55. The molecule has 0 saturated carbocycles. The fraction of sp³-hybridized carbons (Fsp3) is 0.533. The minimum atomic E-state index is 0.0485. The number of carbonyl (C=O) groups is 1. The predicted molar refractivity (Wildman–Crippen MR) is 77.2 cm³/mol. The molecule has 19 heavy (non-hydrogen) atoms. The molecule has 0 aliphatic heterocycles. The van der Waals surface area contributed by atoms with Gasteiger partial charge in [0.1, 0.15) is 5.75 Å². The van der Waals surface area contributed by atoms with Gasteiger partial charge in [0.2, 0.25) is 5.91 Å². The molecule has 0 atom stereocenters. The second-order valence-corrected chi connectivity index (χ2v) is 4.90. The van der Waals surface area contributed by atoms with Crippen LogP contribution >= 0.6 is 0 Å². The summed E-state index contributed by atoms with van der Waals surface area (Å²) in [6, 6.07) is 6.03. The van der Waals surface area contributed by atoms with Crippen LogP contribution in [0.15, 0.2) is 18.2 Å². The predicted octanol–water partition coefficient (Wildman–Crippen LogP) is 2.17. The summed E-state index contributed by atoms with van der Waals surface area (Å²) < 4.78 is 5.34. The molecule has 0 heterocycles. The van der Waals surface area contributed by atoms with Crippen molar-refractivity contribution >= 4 is 5.91 Å². The summed E-state index contributed by atoms with van der Waals surface area (Å²) in [5, 5.41) is 2.90. The maximum absolute atomic E-state index is 11.5. The highest BCUT2D eigenvalue weighted by Gasteiger charge is 2.08. The Labute approximate surface area is 115 Å². The van der Waals surface area contributed by atoms with E-state index in [9.17, 15) is 4.79 Å². The molecule has 3 N–H and O–H groups in total. The quantitative estimate of drug-likeness (QED) is 0.793. The molecule has 4 heteroatoms. The highest BCUT2D eigenvalue weighted by molar-refractivity contribution is 5.75. The number of amides is 1. The van der Waals surface area contributed by atoms with Gasteiger partial charge in [-0.15, -0.1) is 0 Å². The summed E-state index contributed by atoms with van der Waals surface area (Å²) in [4.78, 5) is 11.5. The molecule has 1 rings (SSSR count). The zero-order chi connectivity index (χ0) is 14.3. The van der Waals surface area contributed by atoms with Gasteiger partial charge in [0.25, 0.3) is 0 Å². The van der Waals surface area contributed by atoms with E-state index in [1.165, 1.54) is 0 Å². The van der Waals surface area contributed by atoms with Crippen molar-refractivity contribution in [1.82, 2.24) is 5.32 Å². The maximum Gasteiger partial charge on any atom is 0.220 e. The normalized spacial score (nSPS) is 10.6. The first-order valence-corrected chi connectivity index (χ1v) is 6.72. The monoisotopic (exact) mass is 264 g/mol. The van der Waals surface area contributed by atoms with Crippen molar-refractivity contribution in [1.29, 1.82) is 0 Å². The summed E-state index contributed by atoms with van der Waals surface area (Å²) in [5.74, 6) is 1.34. The average Bonchev–Trinajstić information content (AvgIpc) is 2.42. The highest BCUT2D eigenvalue weighted by atomic mass is 16.5. The molecule has 0 spiro atoms. The molecule has 1 amide bonds. The number of hydrogen-bond donors (Lipinski definition) is 2. The van der Waals surface area contributed by atoms with Gasteiger partial charge >= 0.3 is 0 Å². The molecule has 1 aromatic carbocycles. The number of nitrogens with two attached hydrogens (primary N) is 1. The Bertz CT molecular complexity index is 417.